The van der Waals surface area contributed by atoms with Gasteiger partial charge >= 0.3 is 0 Å². The number of aliphatic hydroxyl groups excluding tert-OH is 1. The van der Waals surface area contributed by atoms with Crippen LogP contribution < -0.4 is 5.32 Å². The minimum atomic E-state index is 0.111. The number of nitrogens with zero attached hydrogens (tertiary/aromatic N) is 2. The number of nitrogens with one attached hydrogen (secondary N) is 1. The number of aliphatic hydroxyl groups is 1. The number of anilines is 1. The van der Waals surface area contributed by atoms with Crippen LogP contribution in [0.2, 0.25) is 0 Å². The van der Waals surface area contributed by atoms with Crippen molar-refractivity contribution in [2.75, 3.05) is 18.5 Å². The van der Waals surface area contributed by atoms with E-state index in [4.69, 9.17) is 0 Å². The zero-order valence-corrected chi connectivity index (χ0v) is 14.2. The summed E-state index contributed by atoms with van der Waals surface area (Å²) in [7, 11) is 0. The lowest BCUT2D eigenvalue weighted by Gasteiger charge is -2.16. The van der Waals surface area contributed by atoms with E-state index in [2.05, 4.69) is 31.2 Å². The fraction of sp³-hybridized carbons (Fsp3) is 0.222. The van der Waals surface area contributed by atoms with Gasteiger partial charge in [0.25, 0.3) is 0 Å². The Bertz CT molecular complexity index is 780. The molecule has 2 aromatic heterocycles. The quantitative estimate of drug-likeness (QED) is 0.694. The summed E-state index contributed by atoms with van der Waals surface area (Å²) >= 11 is 3.53. The van der Waals surface area contributed by atoms with Crippen molar-refractivity contribution in [2.24, 2.45) is 5.92 Å². The zero-order chi connectivity index (χ0) is 16.1. The van der Waals surface area contributed by atoms with Gasteiger partial charge in [0.2, 0.25) is 0 Å². The van der Waals surface area contributed by atoms with Gasteiger partial charge in [0.1, 0.15) is 0 Å². The van der Waals surface area contributed by atoms with Crippen LogP contribution in [0, 0.1) is 5.92 Å². The lowest BCUT2D eigenvalue weighted by molar-refractivity contribution is 0.232. The van der Waals surface area contributed by atoms with Crippen molar-refractivity contribution in [1.82, 2.24) is 9.97 Å². The maximum absolute atomic E-state index is 9.64. The van der Waals surface area contributed by atoms with Gasteiger partial charge in [0.05, 0.1) is 5.52 Å². The second-order valence-electron chi connectivity index (χ2n) is 5.45. The molecule has 3 aromatic rings. The summed E-state index contributed by atoms with van der Waals surface area (Å²) in [6.45, 7) is 0.801. The molecule has 0 aliphatic carbocycles. The molecule has 0 saturated heterocycles. The van der Waals surface area contributed by atoms with Gasteiger partial charge < -0.3 is 10.4 Å². The van der Waals surface area contributed by atoms with Gasteiger partial charge in [-0.3, -0.25) is 9.97 Å². The molecule has 2 N–H and O–H groups in total. The summed E-state index contributed by atoms with van der Waals surface area (Å²) in [6.07, 6.45) is 4.32. The highest BCUT2D eigenvalue weighted by Gasteiger charge is 2.11. The summed E-state index contributed by atoms with van der Waals surface area (Å²) in [4.78, 5) is 8.74. The SMILES string of the molecule is OCC(CNc1ccnc2c(Br)cccc12)Cc1ccccn1. The van der Waals surface area contributed by atoms with Crippen LogP contribution in [-0.2, 0) is 6.42 Å². The minimum Gasteiger partial charge on any atom is -0.396 e. The summed E-state index contributed by atoms with van der Waals surface area (Å²) in [5.74, 6) is 0.111. The Morgan fingerprint density at radius 2 is 1.96 bits per heavy atom. The van der Waals surface area contributed by atoms with Gasteiger partial charge in [0, 0.05) is 52.7 Å². The predicted molar refractivity (Wildman–Crippen MR) is 96.4 cm³/mol. The first-order valence-corrected chi connectivity index (χ1v) is 8.35. The summed E-state index contributed by atoms with van der Waals surface area (Å²) in [5, 5.41) is 14.1. The third-order valence-corrected chi connectivity index (χ3v) is 4.43. The van der Waals surface area contributed by atoms with E-state index < -0.39 is 0 Å². The number of hydrogen-bond acceptors (Lipinski definition) is 4. The highest BCUT2D eigenvalue weighted by atomic mass is 79.9. The monoisotopic (exact) mass is 371 g/mol. The molecule has 0 radical (unpaired) electrons. The highest BCUT2D eigenvalue weighted by Crippen LogP contribution is 2.27. The molecule has 0 aliphatic rings. The van der Waals surface area contributed by atoms with Gasteiger partial charge in [0.15, 0.2) is 0 Å². The Balaban J connectivity index is 1.73. The summed E-state index contributed by atoms with van der Waals surface area (Å²) < 4.78 is 0.978. The first kappa shape index (κ1) is 15.9. The van der Waals surface area contributed by atoms with Crippen molar-refractivity contribution >= 4 is 32.5 Å². The van der Waals surface area contributed by atoms with Gasteiger partial charge in [-0.1, -0.05) is 18.2 Å². The van der Waals surface area contributed by atoms with Crippen molar-refractivity contribution in [2.45, 2.75) is 6.42 Å². The number of benzene rings is 1. The normalized spacial score (nSPS) is 12.3. The van der Waals surface area contributed by atoms with E-state index in [1.807, 2.05) is 42.5 Å². The number of para-hydroxylation sites is 1. The lowest BCUT2D eigenvalue weighted by Crippen LogP contribution is -2.20. The molecule has 0 spiro atoms. The third kappa shape index (κ3) is 3.86. The Morgan fingerprint density at radius 3 is 2.74 bits per heavy atom. The van der Waals surface area contributed by atoms with Crippen LogP contribution in [-0.4, -0.2) is 28.2 Å². The third-order valence-electron chi connectivity index (χ3n) is 3.79. The van der Waals surface area contributed by atoms with E-state index in [-0.39, 0.29) is 12.5 Å². The molecule has 0 amide bonds. The fourth-order valence-corrected chi connectivity index (χ4v) is 3.03. The maximum atomic E-state index is 9.64. The standard InChI is InChI=1S/C18H18BrN3O/c19-16-6-3-5-15-17(7-9-21-18(15)16)22-11-13(12-23)10-14-4-1-2-8-20-14/h1-9,13,23H,10-12H2,(H,21,22). The average molecular weight is 372 g/mol. The first-order valence-electron chi connectivity index (χ1n) is 7.56. The fourth-order valence-electron chi connectivity index (χ4n) is 2.56. The largest absolute Gasteiger partial charge is 0.396 e. The van der Waals surface area contributed by atoms with Crippen LogP contribution in [0.1, 0.15) is 5.69 Å². The molecule has 23 heavy (non-hydrogen) atoms. The average Bonchev–Trinajstić information content (AvgIpc) is 2.60. The van der Waals surface area contributed by atoms with Crippen molar-refractivity contribution < 1.29 is 5.11 Å². The van der Waals surface area contributed by atoms with E-state index in [1.54, 1.807) is 12.4 Å². The molecular weight excluding hydrogens is 354 g/mol. The van der Waals surface area contributed by atoms with Crippen LogP contribution in [0.3, 0.4) is 0 Å². The van der Waals surface area contributed by atoms with Crippen LogP contribution in [0.25, 0.3) is 10.9 Å². The summed E-state index contributed by atoms with van der Waals surface area (Å²) in [5.41, 5.74) is 2.95. The molecule has 4 nitrogen and oxygen atoms in total. The van der Waals surface area contributed by atoms with Gasteiger partial charge in [-0.05, 0) is 46.6 Å². The predicted octanol–water partition coefficient (Wildman–Crippen LogP) is 3.66. The zero-order valence-electron chi connectivity index (χ0n) is 12.6. The molecule has 1 atom stereocenters. The second kappa shape index (κ2) is 7.53. The molecule has 1 aromatic carbocycles. The van der Waals surface area contributed by atoms with Gasteiger partial charge in [-0.15, -0.1) is 0 Å². The van der Waals surface area contributed by atoms with E-state index in [9.17, 15) is 5.11 Å². The molecule has 3 rings (SSSR count). The molecule has 0 fully saturated rings. The first-order chi connectivity index (χ1) is 11.3. The lowest BCUT2D eigenvalue weighted by atomic mass is 10.0. The van der Waals surface area contributed by atoms with E-state index in [1.165, 1.54) is 0 Å². The highest BCUT2D eigenvalue weighted by molar-refractivity contribution is 9.10. The molecule has 0 saturated carbocycles. The number of rotatable bonds is 6. The van der Waals surface area contributed by atoms with E-state index in [0.717, 1.165) is 33.2 Å². The number of hydrogen-bond donors (Lipinski definition) is 2. The van der Waals surface area contributed by atoms with Gasteiger partial charge in [-0.2, -0.15) is 0 Å². The smallest absolute Gasteiger partial charge is 0.0864 e. The molecule has 0 aliphatic heterocycles. The molecule has 2 heterocycles. The Labute approximate surface area is 143 Å². The number of pyridine rings is 2. The van der Waals surface area contributed by atoms with Crippen LogP contribution in [0.4, 0.5) is 5.69 Å². The number of aromatic nitrogens is 2. The molecule has 1 unspecified atom stereocenters. The van der Waals surface area contributed by atoms with Crippen molar-refractivity contribution in [3.63, 3.8) is 0 Å². The number of fused-ring (bicyclic) bond motifs is 1. The molecule has 0 bridgehead atoms. The topological polar surface area (TPSA) is 58.0 Å². The van der Waals surface area contributed by atoms with Gasteiger partial charge in [-0.25, -0.2) is 0 Å². The van der Waals surface area contributed by atoms with E-state index >= 15 is 0 Å². The van der Waals surface area contributed by atoms with Crippen molar-refractivity contribution in [3.8, 4) is 0 Å². The molecular formula is C18H18BrN3O. The number of halogens is 1. The minimum absolute atomic E-state index is 0.111. The van der Waals surface area contributed by atoms with E-state index in [0.29, 0.717) is 6.54 Å². The molecule has 118 valence electrons. The van der Waals surface area contributed by atoms with Crippen LogP contribution in [0.15, 0.2) is 59.3 Å². The Morgan fingerprint density at radius 1 is 1.04 bits per heavy atom. The van der Waals surface area contributed by atoms with Crippen LogP contribution in [0.5, 0.6) is 0 Å². The van der Waals surface area contributed by atoms with Crippen molar-refractivity contribution in [1.29, 1.82) is 0 Å². The van der Waals surface area contributed by atoms with Crippen LogP contribution >= 0.6 is 15.9 Å². The molecule has 5 heteroatoms. The van der Waals surface area contributed by atoms with Crippen molar-refractivity contribution in [3.05, 3.63) is 65.0 Å². The summed E-state index contributed by atoms with van der Waals surface area (Å²) in [6, 6.07) is 13.8. The Kier molecular flexibility index (Phi) is 5.20. The maximum Gasteiger partial charge on any atom is 0.0864 e. The second-order valence-corrected chi connectivity index (χ2v) is 6.30. The Hall–Kier alpha value is -1.98.